The van der Waals surface area contributed by atoms with Crippen LogP contribution in [0.15, 0.2) is 139 Å². The number of pyridine rings is 1. The molecule has 2 heterocycles. The molecule has 0 fully saturated rings. The van der Waals surface area contributed by atoms with Crippen LogP contribution in [0.3, 0.4) is 0 Å². The smallest absolute Gasteiger partial charge is 0.0707 e. The number of rotatable bonds is 10. The summed E-state index contributed by atoms with van der Waals surface area (Å²) in [7, 11) is 1.77. The number of hydrogen-bond donors (Lipinski definition) is 0. The third kappa shape index (κ3) is 7.40. The Morgan fingerprint density at radius 3 is 2.44 bits per heavy atom. The Hall–Kier alpha value is -5.87. The van der Waals surface area contributed by atoms with Gasteiger partial charge in [-0.15, -0.1) is 0 Å². The number of aryl methyl sites for hydroxylation is 1. The van der Waals surface area contributed by atoms with Gasteiger partial charge in [0.05, 0.1) is 16.6 Å². The summed E-state index contributed by atoms with van der Waals surface area (Å²) in [5.41, 5.74) is 11.9. The lowest BCUT2D eigenvalue weighted by Gasteiger charge is -2.13. The van der Waals surface area contributed by atoms with E-state index in [-0.39, 0.29) is 0 Å². The molecule has 4 nitrogen and oxygen atoms in total. The largest absolute Gasteiger partial charge is 0.309 e. The molecule has 2 aromatic heterocycles. The monoisotopic (exact) mass is 626 g/mol. The second-order valence-electron chi connectivity index (χ2n) is 11.9. The maximum atomic E-state index is 5.02. The maximum Gasteiger partial charge on any atom is 0.0707 e. The SMILES string of the molecule is C=C/C=C(\C=NC)c1cc(C(=C)/C=C(\N=C(C)C)c2cccc(-n3/c(=C/C=C\C)c(=C)c4ccc(C)cc43)c2)cc(-c2cccnc2)c1. The fraction of sp³-hybridized carbons (Fsp3) is 0.114. The topological polar surface area (TPSA) is 42.5 Å². The quantitative estimate of drug-likeness (QED) is 0.112. The molecule has 0 saturated carbocycles. The Bertz CT molecular complexity index is 2270. The van der Waals surface area contributed by atoms with Crippen LogP contribution in [0.2, 0.25) is 0 Å². The Balaban J connectivity index is 1.69. The van der Waals surface area contributed by atoms with E-state index in [0.717, 1.165) is 77.5 Å². The summed E-state index contributed by atoms with van der Waals surface area (Å²) < 4.78 is 2.29. The summed E-state index contributed by atoms with van der Waals surface area (Å²) in [6.45, 7) is 21.1. The molecule has 48 heavy (non-hydrogen) atoms. The molecule has 0 N–H and O–H groups in total. The summed E-state index contributed by atoms with van der Waals surface area (Å²) in [5, 5.41) is 3.19. The van der Waals surface area contributed by atoms with Gasteiger partial charge in [0.2, 0.25) is 0 Å². The van der Waals surface area contributed by atoms with Crippen LogP contribution in [0.25, 0.3) is 57.2 Å². The number of aliphatic imine (C=N–C) groups is 2. The molecule has 0 amide bonds. The Morgan fingerprint density at radius 2 is 1.73 bits per heavy atom. The van der Waals surface area contributed by atoms with E-state index in [2.05, 4.69) is 126 Å². The summed E-state index contributed by atoms with van der Waals surface area (Å²) >= 11 is 0. The molecule has 4 heteroatoms. The van der Waals surface area contributed by atoms with E-state index >= 15 is 0 Å². The van der Waals surface area contributed by atoms with Crippen molar-refractivity contribution >= 4 is 52.3 Å². The van der Waals surface area contributed by atoms with Crippen molar-refractivity contribution in [2.24, 2.45) is 9.98 Å². The molecule has 5 rings (SSSR count). The van der Waals surface area contributed by atoms with Crippen LogP contribution in [0.1, 0.15) is 43.0 Å². The van der Waals surface area contributed by atoms with Crippen molar-refractivity contribution in [3.8, 4) is 16.8 Å². The van der Waals surface area contributed by atoms with Crippen molar-refractivity contribution in [2.45, 2.75) is 27.7 Å². The van der Waals surface area contributed by atoms with E-state index < -0.39 is 0 Å². The van der Waals surface area contributed by atoms with Gasteiger partial charge in [-0.05, 0) is 116 Å². The van der Waals surface area contributed by atoms with E-state index in [4.69, 9.17) is 4.99 Å². The van der Waals surface area contributed by atoms with Gasteiger partial charge in [-0.2, -0.15) is 0 Å². The van der Waals surface area contributed by atoms with E-state index in [1.165, 1.54) is 5.56 Å². The number of fused-ring (bicyclic) bond motifs is 1. The van der Waals surface area contributed by atoms with Crippen LogP contribution in [0.5, 0.6) is 0 Å². The standard InChI is InChI=1S/C44H42N4/c1-9-11-18-43-33(7)41-20-19-31(5)22-44(41)48(43)40-17-12-15-34(27-40)42(47-30(3)4)23-32(6)37-24-38(35(14-10-2)28-45-8)26-39(25-37)36-16-13-21-46-29-36/h9-29H,2,6-7H2,1,3-5,8H3/b11-9-,35-14+,42-23-,43-18+,45-28?. The van der Waals surface area contributed by atoms with E-state index in [9.17, 15) is 0 Å². The Labute approximate surface area is 284 Å². The predicted octanol–water partition coefficient (Wildman–Crippen LogP) is 9.57. The molecule has 0 aliphatic rings. The normalized spacial score (nSPS) is 12.7. The summed E-state index contributed by atoms with van der Waals surface area (Å²) in [4.78, 5) is 13.7. The van der Waals surface area contributed by atoms with Crippen molar-refractivity contribution in [1.82, 2.24) is 9.55 Å². The fourth-order valence-corrected chi connectivity index (χ4v) is 5.76. The third-order valence-corrected chi connectivity index (χ3v) is 7.97. The minimum Gasteiger partial charge on any atom is -0.309 e. The van der Waals surface area contributed by atoms with Gasteiger partial charge in [0.15, 0.2) is 0 Å². The highest BCUT2D eigenvalue weighted by atomic mass is 15.0. The van der Waals surface area contributed by atoms with Crippen molar-refractivity contribution in [3.05, 3.63) is 162 Å². The molecule has 0 aliphatic carbocycles. The van der Waals surface area contributed by atoms with Crippen LogP contribution in [0.4, 0.5) is 0 Å². The lowest BCUT2D eigenvalue weighted by atomic mass is 9.93. The zero-order valence-corrected chi connectivity index (χ0v) is 28.5. The molecule has 5 aromatic rings. The van der Waals surface area contributed by atoms with Gasteiger partial charge in [-0.25, -0.2) is 0 Å². The third-order valence-electron chi connectivity index (χ3n) is 7.97. The first-order valence-electron chi connectivity index (χ1n) is 16.0. The van der Waals surface area contributed by atoms with Crippen LogP contribution < -0.4 is 10.6 Å². The minimum absolute atomic E-state index is 0.827. The minimum atomic E-state index is 0.827. The van der Waals surface area contributed by atoms with Crippen molar-refractivity contribution < 1.29 is 0 Å². The molecule has 0 bridgehead atoms. The Kier molecular flexibility index (Phi) is 10.6. The van der Waals surface area contributed by atoms with Crippen LogP contribution >= 0.6 is 0 Å². The van der Waals surface area contributed by atoms with Gasteiger partial charge < -0.3 is 4.57 Å². The molecule has 0 unspecified atom stereocenters. The van der Waals surface area contributed by atoms with Crippen molar-refractivity contribution in [3.63, 3.8) is 0 Å². The number of nitrogens with zero attached hydrogens (tertiary/aromatic N) is 4. The van der Waals surface area contributed by atoms with Crippen LogP contribution in [-0.4, -0.2) is 28.5 Å². The highest BCUT2D eigenvalue weighted by molar-refractivity contribution is 6.11. The number of aromatic nitrogens is 2. The van der Waals surface area contributed by atoms with Crippen molar-refractivity contribution in [1.29, 1.82) is 0 Å². The van der Waals surface area contributed by atoms with Crippen molar-refractivity contribution in [2.75, 3.05) is 7.05 Å². The zero-order valence-electron chi connectivity index (χ0n) is 28.5. The average molecular weight is 627 g/mol. The molecule has 238 valence electrons. The highest BCUT2D eigenvalue weighted by Gasteiger charge is 2.13. The van der Waals surface area contributed by atoms with Crippen LogP contribution in [-0.2, 0) is 0 Å². The molecule has 0 spiro atoms. The van der Waals surface area contributed by atoms with Gasteiger partial charge in [-0.3, -0.25) is 15.0 Å². The van der Waals surface area contributed by atoms with Gasteiger partial charge in [0.1, 0.15) is 0 Å². The van der Waals surface area contributed by atoms with Gasteiger partial charge in [-0.1, -0.05) is 74.4 Å². The first kappa shape index (κ1) is 33.5. The maximum absolute atomic E-state index is 5.02. The Morgan fingerprint density at radius 1 is 0.917 bits per heavy atom. The summed E-state index contributed by atoms with van der Waals surface area (Å²) in [6.07, 6.45) is 17.5. The molecular formula is C44H42N4. The highest BCUT2D eigenvalue weighted by Crippen LogP contribution is 2.31. The number of benzene rings is 3. The first-order chi connectivity index (χ1) is 23.2. The van der Waals surface area contributed by atoms with Gasteiger partial charge >= 0.3 is 0 Å². The molecule has 3 aromatic carbocycles. The average Bonchev–Trinajstić information content (AvgIpc) is 3.36. The summed E-state index contributed by atoms with van der Waals surface area (Å²) in [6, 6.07) is 25.5. The van der Waals surface area contributed by atoms with Gasteiger partial charge in [0.25, 0.3) is 0 Å². The predicted molar refractivity (Wildman–Crippen MR) is 210 cm³/mol. The summed E-state index contributed by atoms with van der Waals surface area (Å²) in [5.74, 6) is 0. The lowest BCUT2D eigenvalue weighted by Crippen LogP contribution is -2.27. The second kappa shape index (κ2) is 15.1. The molecular weight excluding hydrogens is 585 g/mol. The molecule has 0 aliphatic heterocycles. The van der Waals surface area contributed by atoms with E-state index in [1.807, 2.05) is 51.4 Å². The van der Waals surface area contributed by atoms with Gasteiger partial charge in [0, 0.05) is 58.8 Å². The number of hydrogen-bond acceptors (Lipinski definition) is 3. The van der Waals surface area contributed by atoms with Crippen LogP contribution in [0, 0.1) is 6.92 Å². The fourth-order valence-electron chi connectivity index (χ4n) is 5.76. The van der Waals surface area contributed by atoms with E-state index in [0.29, 0.717) is 0 Å². The lowest BCUT2D eigenvalue weighted by molar-refractivity contribution is 1.07. The first-order valence-corrected chi connectivity index (χ1v) is 16.0. The van der Waals surface area contributed by atoms with E-state index in [1.54, 1.807) is 19.3 Å². The number of allylic oxidation sites excluding steroid dienone is 7. The molecule has 0 atom stereocenters. The zero-order chi connectivity index (χ0) is 34.2. The molecule has 0 radical (unpaired) electrons. The second-order valence-corrected chi connectivity index (χ2v) is 11.9. The molecule has 0 saturated heterocycles.